The monoisotopic (exact) mass is 732 g/mol. The molecule has 9 aliphatic rings. The zero-order chi connectivity index (χ0) is 35.7. The molecule has 0 saturated carbocycles. The molecule has 9 saturated heterocycles. The zero-order valence-electron chi connectivity index (χ0n) is 30.0. The molecule has 13 heteroatoms. The number of esters is 1. The molecule has 9 rings (SSSR count). The average molecular weight is 733 g/mol. The summed E-state index contributed by atoms with van der Waals surface area (Å²) in [4.78, 5) is 13.7. The highest BCUT2D eigenvalue weighted by Crippen LogP contribution is 2.49. The quantitative estimate of drug-likeness (QED) is 0.267. The molecule has 17 unspecified atom stereocenters. The molecule has 9 aliphatic heterocycles. The molecule has 13 nitrogen and oxygen atoms in total. The number of hydrogen-bond acceptors (Lipinski definition) is 13. The molecule has 290 valence electrons. The summed E-state index contributed by atoms with van der Waals surface area (Å²) in [7, 11) is 0. The van der Waals surface area contributed by atoms with Gasteiger partial charge in [0.2, 0.25) is 0 Å². The van der Waals surface area contributed by atoms with Crippen LogP contribution in [0, 0.1) is 0 Å². The van der Waals surface area contributed by atoms with Gasteiger partial charge in [0, 0.05) is 38.5 Å². The Morgan fingerprint density at radius 2 is 1.37 bits per heavy atom. The Morgan fingerprint density at radius 1 is 0.615 bits per heavy atom. The Hall–Kier alpha value is -1.49. The fraction of sp³-hybridized carbons (Fsp3) is 0.872. The van der Waals surface area contributed by atoms with Gasteiger partial charge in [0.15, 0.2) is 5.79 Å². The summed E-state index contributed by atoms with van der Waals surface area (Å²) in [5.41, 5.74) is 2.09. The molecule has 10 bridgehead atoms. The molecule has 0 amide bonds. The van der Waals surface area contributed by atoms with Crippen LogP contribution in [0.2, 0.25) is 0 Å². The number of fused-ring (bicyclic) bond motifs is 10. The van der Waals surface area contributed by atoms with E-state index in [4.69, 9.17) is 42.6 Å². The Kier molecular flexibility index (Phi) is 10.1. The maximum atomic E-state index is 13.7. The average Bonchev–Trinajstić information content (AvgIpc) is 3.61. The lowest BCUT2D eigenvalue weighted by atomic mass is 9.86. The van der Waals surface area contributed by atoms with Crippen molar-refractivity contribution < 1.29 is 62.7 Å². The second-order valence-electron chi connectivity index (χ2n) is 17.0. The number of aliphatic hydroxyl groups is 3. The number of ether oxygens (including phenoxy) is 9. The summed E-state index contributed by atoms with van der Waals surface area (Å²) in [5.74, 6) is -1.35. The molecule has 0 aromatic carbocycles. The van der Waals surface area contributed by atoms with Crippen LogP contribution < -0.4 is 0 Å². The van der Waals surface area contributed by atoms with Crippen LogP contribution in [-0.2, 0) is 47.4 Å². The fourth-order valence-electron chi connectivity index (χ4n) is 10.6. The first-order chi connectivity index (χ1) is 25.1. The molecule has 0 aromatic heterocycles. The van der Waals surface area contributed by atoms with Gasteiger partial charge in [-0.15, -0.1) is 0 Å². The van der Waals surface area contributed by atoms with Gasteiger partial charge < -0.3 is 58.0 Å². The summed E-state index contributed by atoms with van der Waals surface area (Å²) < 4.78 is 58.7. The maximum absolute atomic E-state index is 13.7. The van der Waals surface area contributed by atoms with Crippen LogP contribution in [0.1, 0.15) is 96.3 Å². The third-order valence-corrected chi connectivity index (χ3v) is 13.4. The van der Waals surface area contributed by atoms with E-state index in [1.807, 2.05) is 0 Å². The van der Waals surface area contributed by atoms with E-state index in [2.05, 4.69) is 13.2 Å². The van der Waals surface area contributed by atoms with Gasteiger partial charge in [-0.1, -0.05) is 13.2 Å². The van der Waals surface area contributed by atoms with Gasteiger partial charge in [-0.05, 0) is 62.5 Å². The molecule has 1 spiro atoms. The molecular formula is C39H56O13. The lowest BCUT2D eigenvalue weighted by Crippen LogP contribution is -2.58. The van der Waals surface area contributed by atoms with E-state index in [-0.39, 0.29) is 73.9 Å². The first-order valence-corrected chi connectivity index (χ1v) is 19.9. The second kappa shape index (κ2) is 14.5. The predicted molar refractivity (Wildman–Crippen MR) is 181 cm³/mol. The van der Waals surface area contributed by atoms with Gasteiger partial charge in [-0.25, -0.2) is 0 Å². The summed E-state index contributed by atoms with van der Waals surface area (Å²) in [6, 6.07) is 0. The van der Waals surface area contributed by atoms with E-state index >= 15 is 0 Å². The van der Waals surface area contributed by atoms with Gasteiger partial charge in [0.05, 0.1) is 92.4 Å². The van der Waals surface area contributed by atoms with Crippen molar-refractivity contribution in [2.45, 2.75) is 206 Å². The molecule has 0 radical (unpaired) electrons. The Morgan fingerprint density at radius 3 is 2.23 bits per heavy atom. The minimum absolute atomic E-state index is 0.0108. The van der Waals surface area contributed by atoms with Crippen molar-refractivity contribution in [2.24, 2.45) is 0 Å². The Bertz CT molecular complexity index is 1360. The highest BCUT2D eigenvalue weighted by atomic mass is 16.7. The molecule has 9 heterocycles. The molecule has 0 aliphatic carbocycles. The lowest BCUT2D eigenvalue weighted by molar-refractivity contribution is -0.278. The number of hydrogen-bond donors (Lipinski definition) is 3. The normalized spacial score (nSPS) is 52.5. The third kappa shape index (κ3) is 7.06. The summed E-state index contributed by atoms with van der Waals surface area (Å²) >= 11 is 0. The van der Waals surface area contributed by atoms with Crippen molar-refractivity contribution >= 4 is 5.97 Å². The van der Waals surface area contributed by atoms with Crippen LogP contribution >= 0.6 is 0 Å². The fourth-order valence-corrected chi connectivity index (χ4v) is 10.6. The zero-order valence-corrected chi connectivity index (χ0v) is 30.0. The van der Waals surface area contributed by atoms with Gasteiger partial charge in [-0.2, -0.15) is 0 Å². The second-order valence-corrected chi connectivity index (χ2v) is 17.0. The van der Waals surface area contributed by atoms with Gasteiger partial charge in [0.1, 0.15) is 24.4 Å². The van der Waals surface area contributed by atoms with Gasteiger partial charge >= 0.3 is 5.97 Å². The molecular weight excluding hydrogens is 676 g/mol. The van der Waals surface area contributed by atoms with E-state index < -0.39 is 54.6 Å². The van der Waals surface area contributed by atoms with Gasteiger partial charge in [-0.3, -0.25) is 4.79 Å². The van der Waals surface area contributed by atoms with E-state index in [0.29, 0.717) is 57.8 Å². The van der Waals surface area contributed by atoms with Crippen molar-refractivity contribution in [2.75, 3.05) is 6.61 Å². The van der Waals surface area contributed by atoms with Gasteiger partial charge in [0.25, 0.3) is 0 Å². The smallest absolute Gasteiger partial charge is 0.308 e. The number of aliphatic hydroxyl groups excluding tert-OH is 3. The number of rotatable bonds is 1. The first-order valence-electron chi connectivity index (χ1n) is 19.9. The van der Waals surface area contributed by atoms with Crippen molar-refractivity contribution in [3.63, 3.8) is 0 Å². The largest absolute Gasteiger partial charge is 0.459 e. The minimum Gasteiger partial charge on any atom is -0.459 e. The van der Waals surface area contributed by atoms with Crippen molar-refractivity contribution in [1.82, 2.24) is 0 Å². The number of carbonyl (C=O) groups excluding carboxylic acids is 1. The van der Waals surface area contributed by atoms with E-state index in [1.165, 1.54) is 0 Å². The Balaban J connectivity index is 0.969. The van der Waals surface area contributed by atoms with Crippen LogP contribution in [0.3, 0.4) is 0 Å². The maximum Gasteiger partial charge on any atom is 0.308 e. The summed E-state index contributed by atoms with van der Waals surface area (Å²) in [6.45, 7) is 8.43. The summed E-state index contributed by atoms with van der Waals surface area (Å²) in [6.07, 6.45) is 2.21. The number of carbonyl (C=O) groups is 1. The topological polar surface area (TPSA) is 161 Å². The molecule has 9 fully saturated rings. The van der Waals surface area contributed by atoms with Crippen molar-refractivity contribution in [1.29, 1.82) is 0 Å². The van der Waals surface area contributed by atoms with Crippen LogP contribution in [0.5, 0.6) is 0 Å². The van der Waals surface area contributed by atoms with E-state index in [1.54, 1.807) is 0 Å². The van der Waals surface area contributed by atoms with Crippen LogP contribution in [0.15, 0.2) is 24.3 Å². The van der Waals surface area contributed by atoms with E-state index in [0.717, 1.165) is 43.3 Å². The first kappa shape index (κ1) is 36.2. The summed E-state index contributed by atoms with van der Waals surface area (Å²) in [5, 5.41) is 31.6. The predicted octanol–water partition coefficient (Wildman–Crippen LogP) is 2.69. The van der Waals surface area contributed by atoms with Crippen molar-refractivity contribution in [3.8, 4) is 0 Å². The molecule has 0 aromatic rings. The SMILES string of the molecule is C=C1CC2CCC34CC(O)C(O3)C3CC(O4)C4OC(CCC4O3)CC(=O)OC3CC4OC(CO)C(O)CC4OC3C[C@H]3OC(CCC3=C)CCC1O2. The Labute approximate surface area is 305 Å². The molecule has 3 N–H and O–H groups in total. The van der Waals surface area contributed by atoms with Crippen LogP contribution in [-0.4, -0.2) is 137 Å². The highest BCUT2D eigenvalue weighted by Gasteiger charge is 2.59. The lowest BCUT2D eigenvalue weighted by Gasteiger charge is -2.48. The standard InChI is InChI=1S/C39H56O13/c1-19-3-4-21-5-7-26-20(2)11-23(45-26)9-10-39-17-25(42)37(52-39)33-16-34(51-39)38-27(47-33)8-6-22(46-38)12-36(43)50-32-15-31-29(13-24(41)35(18-40)49-31)48-30(32)14-28(19)44-21/h21-35,37-38,40-42H,1-18H2/t21?,22?,23?,24?,25?,26?,27?,28-,29?,30?,31?,32?,33?,34?,35?,37?,38?,39?/m1/s1. The minimum atomic E-state index is -0.968. The molecule has 18 atom stereocenters. The van der Waals surface area contributed by atoms with E-state index in [9.17, 15) is 20.1 Å². The molecule has 52 heavy (non-hydrogen) atoms. The highest BCUT2D eigenvalue weighted by molar-refractivity contribution is 5.70. The van der Waals surface area contributed by atoms with Crippen LogP contribution in [0.4, 0.5) is 0 Å². The van der Waals surface area contributed by atoms with Crippen molar-refractivity contribution in [3.05, 3.63) is 24.3 Å². The third-order valence-electron chi connectivity index (χ3n) is 13.4. The van der Waals surface area contributed by atoms with Crippen LogP contribution in [0.25, 0.3) is 0 Å².